The van der Waals surface area contributed by atoms with Gasteiger partial charge in [-0.3, -0.25) is 4.68 Å². The van der Waals surface area contributed by atoms with E-state index < -0.39 is 0 Å². The Hall–Kier alpha value is -1.84. The molecule has 4 heteroatoms. The molecule has 15 heavy (non-hydrogen) atoms. The summed E-state index contributed by atoms with van der Waals surface area (Å²) >= 11 is 0. The quantitative estimate of drug-likeness (QED) is 0.813. The zero-order valence-electron chi connectivity index (χ0n) is 8.72. The third-order valence-electron chi connectivity index (χ3n) is 2.50. The van der Waals surface area contributed by atoms with Gasteiger partial charge in [-0.2, -0.15) is 5.10 Å². The Morgan fingerprint density at radius 1 is 1.27 bits per heavy atom. The van der Waals surface area contributed by atoms with Gasteiger partial charge in [0.1, 0.15) is 5.82 Å². The monoisotopic (exact) mass is 202 g/mol. The maximum atomic E-state index is 5.76. The second-order valence-electron chi connectivity index (χ2n) is 3.49. The minimum absolute atomic E-state index is 0.625. The molecule has 0 spiro atoms. The van der Waals surface area contributed by atoms with E-state index >= 15 is 0 Å². The van der Waals surface area contributed by atoms with Gasteiger partial charge in [-0.25, -0.2) is 4.98 Å². The number of hydrogen-bond donors (Lipinski definition) is 1. The van der Waals surface area contributed by atoms with Crippen LogP contribution >= 0.6 is 0 Å². The Kier molecular flexibility index (Phi) is 2.67. The zero-order chi connectivity index (χ0) is 10.7. The molecule has 0 bridgehead atoms. The first-order valence-corrected chi connectivity index (χ1v) is 4.93. The van der Waals surface area contributed by atoms with E-state index in [0.29, 0.717) is 5.82 Å². The van der Waals surface area contributed by atoms with Gasteiger partial charge in [-0.15, -0.1) is 0 Å². The predicted molar refractivity (Wildman–Crippen MR) is 59.3 cm³/mol. The van der Waals surface area contributed by atoms with Crippen molar-refractivity contribution in [2.45, 2.75) is 12.8 Å². The Bertz CT molecular complexity index is 447. The lowest BCUT2D eigenvalue weighted by Gasteiger charge is -2.04. The van der Waals surface area contributed by atoms with E-state index in [9.17, 15) is 0 Å². The third-order valence-corrected chi connectivity index (χ3v) is 2.50. The Morgan fingerprint density at radius 2 is 2.13 bits per heavy atom. The second kappa shape index (κ2) is 4.13. The highest BCUT2D eigenvalue weighted by Crippen LogP contribution is 2.10. The molecule has 0 aliphatic carbocycles. The molecule has 0 aliphatic heterocycles. The molecule has 0 atom stereocenters. The van der Waals surface area contributed by atoms with Crippen LogP contribution in [0.3, 0.4) is 0 Å². The first-order chi connectivity index (χ1) is 7.27. The first-order valence-electron chi connectivity index (χ1n) is 4.93. The zero-order valence-corrected chi connectivity index (χ0v) is 8.72. The lowest BCUT2D eigenvalue weighted by molar-refractivity contribution is 0.703. The normalized spacial score (nSPS) is 10.5. The summed E-state index contributed by atoms with van der Waals surface area (Å²) in [4.78, 5) is 4.06. The van der Waals surface area contributed by atoms with Crippen LogP contribution in [-0.4, -0.2) is 14.8 Å². The van der Waals surface area contributed by atoms with E-state index in [0.717, 1.165) is 18.4 Å². The molecule has 0 saturated heterocycles. The van der Waals surface area contributed by atoms with Gasteiger partial charge in [-0.05, 0) is 30.5 Å². The van der Waals surface area contributed by atoms with Crippen LogP contribution < -0.4 is 5.73 Å². The number of aromatic nitrogens is 3. The standard InChI is InChI=1S/C11H14N4/c1-15-10(6-8-14-15)5-4-9-3-2-7-13-11(9)12/h2-3,6-8H,4-5H2,1H3,(H2,12,13). The highest BCUT2D eigenvalue weighted by molar-refractivity contribution is 5.38. The number of nitrogens with zero attached hydrogens (tertiary/aromatic N) is 3. The van der Waals surface area contributed by atoms with Crippen LogP contribution in [0.2, 0.25) is 0 Å². The summed E-state index contributed by atoms with van der Waals surface area (Å²) in [7, 11) is 1.95. The van der Waals surface area contributed by atoms with E-state index in [1.807, 2.05) is 36.1 Å². The maximum absolute atomic E-state index is 5.76. The van der Waals surface area contributed by atoms with Gasteiger partial charge in [0.2, 0.25) is 0 Å². The Balaban J connectivity index is 2.06. The number of anilines is 1. The molecule has 0 saturated carbocycles. The van der Waals surface area contributed by atoms with Crippen LogP contribution in [0.5, 0.6) is 0 Å². The average Bonchev–Trinajstić information content (AvgIpc) is 2.63. The number of pyridine rings is 1. The van der Waals surface area contributed by atoms with Gasteiger partial charge in [0, 0.05) is 25.1 Å². The number of hydrogen-bond acceptors (Lipinski definition) is 3. The first kappa shape index (κ1) is 9.71. The lowest BCUT2D eigenvalue weighted by atomic mass is 10.1. The Labute approximate surface area is 88.8 Å². The predicted octanol–water partition coefficient (Wildman–Crippen LogP) is 1.18. The van der Waals surface area contributed by atoms with Gasteiger partial charge in [-0.1, -0.05) is 6.07 Å². The van der Waals surface area contributed by atoms with E-state index in [4.69, 9.17) is 5.73 Å². The maximum Gasteiger partial charge on any atom is 0.126 e. The number of nitrogens with two attached hydrogens (primary N) is 1. The molecule has 0 radical (unpaired) electrons. The lowest BCUT2D eigenvalue weighted by Crippen LogP contribution is -2.03. The molecule has 0 amide bonds. The highest BCUT2D eigenvalue weighted by atomic mass is 15.2. The summed E-state index contributed by atoms with van der Waals surface area (Å²) in [6.45, 7) is 0. The molecule has 2 N–H and O–H groups in total. The van der Waals surface area contributed by atoms with Gasteiger partial charge in [0.25, 0.3) is 0 Å². The summed E-state index contributed by atoms with van der Waals surface area (Å²) in [6.07, 6.45) is 5.36. The smallest absolute Gasteiger partial charge is 0.126 e. The third kappa shape index (κ3) is 2.15. The largest absolute Gasteiger partial charge is 0.383 e. The molecule has 2 heterocycles. The van der Waals surface area contributed by atoms with Crippen molar-refractivity contribution in [1.82, 2.24) is 14.8 Å². The van der Waals surface area contributed by atoms with Gasteiger partial charge in [0.15, 0.2) is 0 Å². The van der Waals surface area contributed by atoms with Crippen molar-refractivity contribution in [2.75, 3.05) is 5.73 Å². The molecular formula is C11H14N4. The number of aryl methyl sites for hydroxylation is 3. The number of rotatable bonds is 3. The van der Waals surface area contributed by atoms with Crippen molar-refractivity contribution in [3.63, 3.8) is 0 Å². The summed E-state index contributed by atoms with van der Waals surface area (Å²) in [6, 6.07) is 5.94. The molecule has 0 aromatic carbocycles. The van der Waals surface area contributed by atoms with Crippen LogP contribution in [0.15, 0.2) is 30.6 Å². The van der Waals surface area contributed by atoms with Gasteiger partial charge >= 0.3 is 0 Å². The van der Waals surface area contributed by atoms with Crippen LogP contribution in [0.4, 0.5) is 5.82 Å². The van der Waals surface area contributed by atoms with Crippen LogP contribution in [-0.2, 0) is 19.9 Å². The molecule has 78 valence electrons. The van der Waals surface area contributed by atoms with Crippen molar-refractivity contribution in [1.29, 1.82) is 0 Å². The molecule has 0 unspecified atom stereocenters. The number of nitrogen functional groups attached to an aromatic ring is 1. The van der Waals surface area contributed by atoms with Gasteiger partial charge < -0.3 is 5.73 Å². The molecule has 2 aromatic heterocycles. The summed E-state index contributed by atoms with van der Waals surface area (Å²) in [5.74, 6) is 0.625. The van der Waals surface area contributed by atoms with E-state index in [1.165, 1.54) is 5.69 Å². The van der Waals surface area contributed by atoms with Gasteiger partial charge in [0.05, 0.1) is 0 Å². The second-order valence-corrected chi connectivity index (χ2v) is 3.49. The van der Waals surface area contributed by atoms with Crippen molar-refractivity contribution in [2.24, 2.45) is 7.05 Å². The van der Waals surface area contributed by atoms with Crippen molar-refractivity contribution >= 4 is 5.82 Å². The molecular weight excluding hydrogens is 188 g/mol. The van der Waals surface area contributed by atoms with Crippen molar-refractivity contribution in [3.8, 4) is 0 Å². The Morgan fingerprint density at radius 3 is 2.80 bits per heavy atom. The molecule has 4 nitrogen and oxygen atoms in total. The SMILES string of the molecule is Cn1nccc1CCc1cccnc1N. The summed E-state index contributed by atoms with van der Waals surface area (Å²) < 4.78 is 1.88. The topological polar surface area (TPSA) is 56.7 Å². The van der Waals surface area contributed by atoms with Crippen LogP contribution in [0, 0.1) is 0 Å². The average molecular weight is 202 g/mol. The van der Waals surface area contributed by atoms with Crippen molar-refractivity contribution in [3.05, 3.63) is 41.9 Å². The van der Waals surface area contributed by atoms with E-state index in [1.54, 1.807) is 6.20 Å². The van der Waals surface area contributed by atoms with E-state index in [-0.39, 0.29) is 0 Å². The molecule has 0 aliphatic rings. The molecule has 0 fully saturated rings. The molecule has 2 aromatic rings. The highest BCUT2D eigenvalue weighted by Gasteiger charge is 2.02. The van der Waals surface area contributed by atoms with Crippen LogP contribution in [0.25, 0.3) is 0 Å². The fourth-order valence-electron chi connectivity index (χ4n) is 1.57. The van der Waals surface area contributed by atoms with Crippen LogP contribution in [0.1, 0.15) is 11.3 Å². The minimum Gasteiger partial charge on any atom is -0.383 e. The van der Waals surface area contributed by atoms with Crippen molar-refractivity contribution < 1.29 is 0 Å². The summed E-state index contributed by atoms with van der Waals surface area (Å²) in [5, 5.41) is 4.12. The molecule has 2 rings (SSSR count). The minimum atomic E-state index is 0.625. The fraction of sp³-hybridized carbons (Fsp3) is 0.273. The van der Waals surface area contributed by atoms with E-state index in [2.05, 4.69) is 10.1 Å². The fourth-order valence-corrected chi connectivity index (χ4v) is 1.57. The summed E-state index contributed by atoms with van der Waals surface area (Å²) in [5.41, 5.74) is 8.07.